The highest BCUT2D eigenvalue weighted by molar-refractivity contribution is 5.81. The predicted octanol–water partition coefficient (Wildman–Crippen LogP) is -0.258. The quantitative estimate of drug-likeness (QED) is 0.476. The summed E-state index contributed by atoms with van der Waals surface area (Å²) in [5.41, 5.74) is -0.429. The van der Waals surface area contributed by atoms with Crippen LogP contribution in [0.15, 0.2) is 0 Å². The Morgan fingerprint density at radius 3 is 2.29 bits per heavy atom. The maximum Gasteiger partial charge on any atom is 0.230 e. The van der Waals surface area contributed by atoms with Crippen molar-refractivity contribution in [2.45, 2.75) is 20.8 Å². The van der Waals surface area contributed by atoms with Gasteiger partial charge in [-0.1, -0.05) is 20.8 Å². The third-order valence-electron chi connectivity index (χ3n) is 1.64. The van der Waals surface area contributed by atoms with E-state index in [2.05, 4.69) is 10.6 Å². The van der Waals surface area contributed by atoms with Crippen molar-refractivity contribution >= 4 is 12.3 Å². The summed E-state index contributed by atoms with van der Waals surface area (Å²) >= 11 is 0. The highest BCUT2D eigenvalue weighted by Gasteiger charge is 2.26. The molecule has 2 amide bonds. The van der Waals surface area contributed by atoms with Gasteiger partial charge in [0, 0.05) is 5.41 Å². The van der Waals surface area contributed by atoms with Gasteiger partial charge in [0.2, 0.25) is 12.3 Å². The molecule has 0 fully saturated rings. The summed E-state index contributed by atoms with van der Waals surface area (Å²) in [4.78, 5) is 23.5. The maximum atomic E-state index is 11.8. The summed E-state index contributed by atoms with van der Waals surface area (Å²) in [7, 11) is 1.75. The molecule has 0 spiro atoms. The van der Waals surface area contributed by atoms with Crippen LogP contribution >= 0.6 is 0 Å². The minimum atomic E-state index is -0.429. The van der Waals surface area contributed by atoms with Crippen molar-refractivity contribution in [2.24, 2.45) is 5.41 Å². The summed E-state index contributed by atoms with van der Waals surface area (Å²) in [6, 6.07) is 0. The molecule has 0 saturated heterocycles. The number of hydrogen-bond donors (Lipinski definition) is 2. The molecule has 0 unspecified atom stereocenters. The molecule has 0 aliphatic carbocycles. The van der Waals surface area contributed by atoms with Crippen molar-refractivity contribution in [3.05, 3.63) is 0 Å². The van der Waals surface area contributed by atoms with Crippen LogP contribution in [0.2, 0.25) is 0 Å². The molecule has 0 aromatic heterocycles. The van der Waals surface area contributed by atoms with Crippen molar-refractivity contribution in [2.75, 3.05) is 20.4 Å². The summed E-state index contributed by atoms with van der Waals surface area (Å²) < 4.78 is 0. The smallest absolute Gasteiger partial charge is 0.230 e. The molecule has 0 aliphatic rings. The van der Waals surface area contributed by atoms with E-state index in [0.29, 0.717) is 13.1 Å². The molecule has 0 heterocycles. The van der Waals surface area contributed by atoms with Gasteiger partial charge in [-0.05, 0) is 7.05 Å². The van der Waals surface area contributed by atoms with Crippen molar-refractivity contribution in [1.29, 1.82) is 0 Å². The molecule has 5 nitrogen and oxygen atoms in total. The van der Waals surface area contributed by atoms with Gasteiger partial charge in [-0.3, -0.25) is 9.59 Å². The molecular formula is C9H19N3O2. The van der Waals surface area contributed by atoms with Crippen molar-refractivity contribution in [1.82, 2.24) is 15.5 Å². The van der Waals surface area contributed by atoms with Gasteiger partial charge in [0.1, 0.15) is 0 Å². The highest BCUT2D eigenvalue weighted by atomic mass is 16.2. The fourth-order valence-electron chi connectivity index (χ4n) is 1.01. The van der Waals surface area contributed by atoms with Crippen LogP contribution < -0.4 is 10.6 Å². The molecule has 0 aromatic carbocycles. The second kappa shape index (κ2) is 5.59. The summed E-state index contributed by atoms with van der Waals surface area (Å²) in [5, 5.41) is 5.35. The Hall–Kier alpha value is -1.10. The van der Waals surface area contributed by atoms with E-state index in [1.165, 1.54) is 0 Å². The lowest BCUT2D eigenvalue weighted by atomic mass is 9.95. The lowest BCUT2D eigenvalue weighted by Gasteiger charge is -2.28. The fourth-order valence-corrected chi connectivity index (χ4v) is 1.01. The topological polar surface area (TPSA) is 61.4 Å². The summed E-state index contributed by atoms with van der Waals surface area (Å²) in [5.74, 6) is 0.00111. The Morgan fingerprint density at radius 1 is 1.36 bits per heavy atom. The number of amides is 2. The Morgan fingerprint density at radius 2 is 1.93 bits per heavy atom. The van der Waals surface area contributed by atoms with E-state index in [1.807, 2.05) is 20.8 Å². The van der Waals surface area contributed by atoms with E-state index >= 15 is 0 Å². The zero-order valence-electron chi connectivity index (χ0n) is 9.26. The minimum Gasteiger partial charge on any atom is -0.341 e. The van der Waals surface area contributed by atoms with Gasteiger partial charge in [-0.25, -0.2) is 0 Å². The maximum absolute atomic E-state index is 11.8. The van der Waals surface area contributed by atoms with Crippen molar-refractivity contribution in [3.63, 3.8) is 0 Å². The average molecular weight is 201 g/mol. The number of rotatable bonds is 5. The summed E-state index contributed by atoms with van der Waals surface area (Å²) in [6.07, 6.45) is 0.582. The molecular weight excluding hydrogens is 182 g/mol. The van der Waals surface area contributed by atoms with Crippen molar-refractivity contribution in [3.8, 4) is 0 Å². The standard InChI is InChI=1S/C9H19N3O2/c1-9(2,3)8(14)12(5-10-4)6-11-7-13/h7,10H,5-6H2,1-4H3,(H,11,13). The third-order valence-corrected chi connectivity index (χ3v) is 1.64. The normalized spacial score (nSPS) is 10.9. The van der Waals surface area contributed by atoms with Crippen LogP contribution in [0, 0.1) is 5.41 Å². The van der Waals surface area contributed by atoms with E-state index < -0.39 is 5.41 Å². The molecule has 14 heavy (non-hydrogen) atoms. The van der Waals surface area contributed by atoms with Crippen LogP contribution in [0.3, 0.4) is 0 Å². The van der Waals surface area contributed by atoms with Gasteiger partial charge in [0.05, 0.1) is 13.3 Å². The van der Waals surface area contributed by atoms with E-state index in [1.54, 1.807) is 11.9 Å². The molecule has 5 heteroatoms. The molecule has 0 rings (SSSR count). The van der Waals surface area contributed by atoms with Crippen LogP contribution in [-0.4, -0.2) is 37.6 Å². The minimum absolute atomic E-state index is 0.00111. The lowest BCUT2D eigenvalue weighted by molar-refractivity contribution is -0.140. The van der Waals surface area contributed by atoms with Gasteiger partial charge in [-0.15, -0.1) is 0 Å². The van der Waals surface area contributed by atoms with Crippen LogP contribution in [0.5, 0.6) is 0 Å². The SMILES string of the molecule is CNCN(CNC=O)C(=O)C(C)(C)C. The molecule has 0 radical (unpaired) electrons. The number of carbonyl (C=O) groups excluding carboxylic acids is 2. The van der Waals surface area contributed by atoms with E-state index in [0.717, 1.165) is 0 Å². The summed E-state index contributed by atoms with van der Waals surface area (Å²) in [6.45, 7) is 6.20. The van der Waals surface area contributed by atoms with E-state index in [4.69, 9.17) is 0 Å². The van der Waals surface area contributed by atoms with Gasteiger partial charge >= 0.3 is 0 Å². The monoisotopic (exact) mass is 201 g/mol. The first-order chi connectivity index (χ1) is 6.43. The van der Waals surface area contributed by atoms with Crippen molar-refractivity contribution < 1.29 is 9.59 Å². The molecule has 0 saturated carbocycles. The second-order valence-electron chi connectivity index (χ2n) is 4.09. The Bertz CT molecular complexity index is 199. The number of hydrogen-bond acceptors (Lipinski definition) is 3. The number of nitrogens with one attached hydrogen (secondary N) is 2. The largest absolute Gasteiger partial charge is 0.341 e. The lowest BCUT2D eigenvalue weighted by Crippen LogP contribution is -2.47. The molecule has 0 bridgehead atoms. The number of carbonyl (C=O) groups is 2. The molecule has 0 aromatic rings. The van der Waals surface area contributed by atoms with E-state index in [9.17, 15) is 9.59 Å². The van der Waals surface area contributed by atoms with Crippen LogP contribution in [0.25, 0.3) is 0 Å². The first kappa shape index (κ1) is 12.9. The first-order valence-electron chi connectivity index (χ1n) is 4.54. The van der Waals surface area contributed by atoms with Gasteiger partial charge in [0.15, 0.2) is 0 Å². The molecule has 0 atom stereocenters. The first-order valence-corrected chi connectivity index (χ1v) is 4.54. The van der Waals surface area contributed by atoms with Crippen LogP contribution in [-0.2, 0) is 9.59 Å². The van der Waals surface area contributed by atoms with Crippen LogP contribution in [0.1, 0.15) is 20.8 Å². The fraction of sp³-hybridized carbons (Fsp3) is 0.778. The van der Waals surface area contributed by atoms with E-state index in [-0.39, 0.29) is 12.6 Å². The molecule has 0 aliphatic heterocycles. The molecule has 82 valence electrons. The predicted molar refractivity (Wildman–Crippen MR) is 54.3 cm³/mol. The average Bonchev–Trinajstić information content (AvgIpc) is 2.09. The van der Waals surface area contributed by atoms with Gasteiger partial charge in [-0.2, -0.15) is 0 Å². The van der Waals surface area contributed by atoms with Crippen LogP contribution in [0.4, 0.5) is 0 Å². The second-order valence-corrected chi connectivity index (χ2v) is 4.09. The Balaban J connectivity index is 4.32. The zero-order chi connectivity index (χ0) is 11.2. The zero-order valence-corrected chi connectivity index (χ0v) is 9.26. The number of nitrogens with zero attached hydrogens (tertiary/aromatic N) is 1. The Kier molecular flexibility index (Phi) is 5.15. The van der Waals surface area contributed by atoms with Gasteiger partial charge in [0.25, 0.3) is 0 Å². The van der Waals surface area contributed by atoms with Gasteiger partial charge < -0.3 is 15.5 Å². The Labute approximate surface area is 84.8 Å². The third kappa shape index (κ3) is 4.23. The highest BCUT2D eigenvalue weighted by Crippen LogP contribution is 2.16. The molecule has 2 N–H and O–H groups in total.